The lowest BCUT2D eigenvalue weighted by Gasteiger charge is -2.38. The third-order valence-electron chi connectivity index (χ3n) is 3.92. The van der Waals surface area contributed by atoms with Crippen LogP contribution in [0.5, 0.6) is 0 Å². The average molecular weight is 338 g/mol. The SMILES string of the molecule is CC1(C(Br)c2cc(F)c(F)cc2Cl)CCCCC1. The highest BCUT2D eigenvalue weighted by Crippen LogP contribution is 2.51. The first-order valence-corrected chi connectivity index (χ1v) is 7.52. The van der Waals surface area contributed by atoms with Crippen LogP contribution in [0.3, 0.4) is 0 Å². The van der Waals surface area contributed by atoms with E-state index in [4.69, 9.17) is 11.6 Å². The summed E-state index contributed by atoms with van der Waals surface area (Å²) in [4.78, 5) is -0.0344. The zero-order valence-corrected chi connectivity index (χ0v) is 12.6. The standard InChI is InChI=1S/C14H16BrClF2/c1-14(5-3-2-4-6-14)13(15)9-7-11(17)12(18)8-10(9)16/h7-8,13H,2-6H2,1H3. The van der Waals surface area contributed by atoms with Gasteiger partial charge in [0.25, 0.3) is 0 Å². The maximum Gasteiger partial charge on any atom is 0.160 e. The van der Waals surface area contributed by atoms with Crippen LogP contribution < -0.4 is 0 Å². The van der Waals surface area contributed by atoms with Crippen molar-refractivity contribution in [2.24, 2.45) is 5.41 Å². The lowest BCUT2D eigenvalue weighted by atomic mass is 9.72. The molecule has 4 heteroatoms. The van der Waals surface area contributed by atoms with Crippen molar-refractivity contribution in [3.8, 4) is 0 Å². The number of hydrogen-bond acceptors (Lipinski definition) is 0. The van der Waals surface area contributed by atoms with E-state index in [1.54, 1.807) is 0 Å². The van der Waals surface area contributed by atoms with Crippen molar-refractivity contribution >= 4 is 27.5 Å². The van der Waals surface area contributed by atoms with E-state index >= 15 is 0 Å². The van der Waals surface area contributed by atoms with Crippen LogP contribution in [-0.4, -0.2) is 0 Å². The molecule has 0 bridgehead atoms. The van der Waals surface area contributed by atoms with Gasteiger partial charge < -0.3 is 0 Å². The summed E-state index contributed by atoms with van der Waals surface area (Å²) in [5.74, 6) is -1.73. The fraction of sp³-hybridized carbons (Fsp3) is 0.571. The van der Waals surface area contributed by atoms with Crippen LogP contribution in [0.25, 0.3) is 0 Å². The third-order valence-corrected chi connectivity index (χ3v) is 5.85. The Balaban J connectivity index is 2.33. The molecule has 1 saturated carbocycles. The topological polar surface area (TPSA) is 0 Å². The highest BCUT2D eigenvalue weighted by Gasteiger charge is 2.36. The van der Waals surface area contributed by atoms with E-state index in [0.717, 1.165) is 18.9 Å². The van der Waals surface area contributed by atoms with Crippen LogP contribution in [0.4, 0.5) is 8.78 Å². The van der Waals surface area contributed by atoms with Crippen LogP contribution in [0, 0.1) is 17.0 Å². The van der Waals surface area contributed by atoms with Gasteiger partial charge >= 0.3 is 0 Å². The molecule has 0 nitrogen and oxygen atoms in total. The molecule has 0 aromatic heterocycles. The van der Waals surface area contributed by atoms with Crippen LogP contribution in [0.2, 0.25) is 5.02 Å². The predicted octanol–water partition coefficient (Wildman–Crippen LogP) is 6.02. The van der Waals surface area contributed by atoms with E-state index in [0.29, 0.717) is 10.6 Å². The second-order valence-electron chi connectivity index (χ2n) is 5.37. The molecule has 1 atom stereocenters. The van der Waals surface area contributed by atoms with Gasteiger partial charge in [0.05, 0.1) is 0 Å². The van der Waals surface area contributed by atoms with E-state index in [1.807, 2.05) is 0 Å². The lowest BCUT2D eigenvalue weighted by molar-refractivity contribution is 0.212. The third kappa shape index (κ3) is 2.72. The van der Waals surface area contributed by atoms with Crippen molar-refractivity contribution in [1.82, 2.24) is 0 Å². The van der Waals surface area contributed by atoms with E-state index in [9.17, 15) is 8.78 Å². The summed E-state index contributed by atoms with van der Waals surface area (Å²) in [5.41, 5.74) is 0.714. The summed E-state index contributed by atoms with van der Waals surface area (Å²) >= 11 is 9.68. The molecule has 2 rings (SSSR count). The average Bonchev–Trinajstić information content (AvgIpc) is 2.34. The molecule has 1 aromatic rings. The zero-order chi connectivity index (χ0) is 13.3. The van der Waals surface area contributed by atoms with Crippen LogP contribution in [-0.2, 0) is 0 Å². The largest absolute Gasteiger partial charge is 0.204 e. The highest BCUT2D eigenvalue weighted by atomic mass is 79.9. The Labute approximate surface area is 120 Å². The van der Waals surface area contributed by atoms with Gasteiger partial charge in [0.2, 0.25) is 0 Å². The summed E-state index contributed by atoms with van der Waals surface area (Å²) in [6, 6.07) is 2.28. The molecule has 0 heterocycles. The van der Waals surface area contributed by atoms with Crippen molar-refractivity contribution in [1.29, 1.82) is 0 Å². The molecule has 1 unspecified atom stereocenters. The molecule has 0 N–H and O–H groups in total. The van der Waals surface area contributed by atoms with Gasteiger partial charge in [-0.1, -0.05) is 53.7 Å². The van der Waals surface area contributed by atoms with Gasteiger partial charge in [-0.3, -0.25) is 0 Å². The Hall–Kier alpha value is -0.150. The molecular formula is C14H16BrClF2. The van der Waals surface area contributed by atoms with Crippen LogP contribution in [0.15, 0.2) is 12.1 Å². The molecule has 0 amide bonds. The summed E-state index contributed by atoms with van der Waals surface area (Å²) in [6.07, 6.45) is 5.77. The monoisotopic (exact) mass is 336 g/mol. The molecule has 0 aliphatic heterocycles. The molecule has 0 saturated heterocycles. The Kier molecular flexibility index (Phi) is 4.32. The minimum atomic E-state index is -0.891. The number of hydrogen-bond donors (Lipinski definition) is 0. The van der Waals surface area contributed by atoms with Crippen molar-refractivity contribution in [2.45, 2.75) is 43.9 Å². The minimum absolute atomic E-state index is 0.0344. The van der Waals surface area contributed by atoms with Crippen LogP contribution >= 0.6 is 27.5 Å². The number of halogens is 4. The fourth-order valence-corrected chi connectivity index (χ4v) is 3.95. The summed E-state index contributed by atoms with van der Waals surface area (Å²) in [6.45, 7) is 2.18. The zero-order valence-electron chi connectivity index (χ0n) is 10.3. The molecule has 1 aliphatic carbocycles. The normalized spacial score (nSPS) is 20.7. The van der Waals surface area contributed by atoms with Gasteiger partial charge in [0, 0.05) is 9.85 Å². The van der Waals surface area contributed by atoms with Gasteiger partial charge in [0.15, 0.2) is 11.6 Å². The van der Waals surface area contributed by atoms with Crippen LogP contribution in [0.1, 0.15) is 49.4 Å². The number of benzene rings is 1. The van der Waals surface area contributed by atoms with Gasteiger partial charge in [-0.25, -0.2) is 8.78 Å². The van der Waals surface area contributed by atoms with Crippen molar-refractivity contribution in [2.75, 3.05) is 0 Å². The van der Waals surface area contributed by atoms with E-state index in [2.05, 4.69) is 22.9 Å². The maximum absolute atomic E-state index is 13.4. The molecule has 1 aromatic carbocycles. The van der Waals surface area contributed by atoms with E-state index in [1.165, 1.54) is 25.3 Å². The van der Waals surface area contributed by atoms with Crippen molar-refractivity contribution in [3.05, 3.63) is 34.4 Å². The number of alkyl halides is 1. The summed E-state index contributed by atoms with van der Waals surface area (Å²) in [5, 5.41) is 0.294. The second-order valence-corrected chi connectivity index (χ2v) is 6.69. The Morgan fingerprint density at radius 2 is 1.72 bits per heavy atom. The molecule has 1 aliphatic rings. The second kappa shape index (κ2) is 5.46. The fourth-order valence-electron chi connectivity index (χ4n) is 2.72. The maximum atomic E-state index is 13.4. The quantitative estimate of drug-likeness (QED) is 0.457. The Bertz CT molecular complexity index is 442. The van der Waals surface area contributed by atoms with Gasteiger partial charge in [-0.05, 0) is 36.0 Å². The first-order chi connectivity index (χ1) is 8.44. The molecule has 100 valence electrons. The smallest absolute Gasteiger partial charge is 0.160 e. The first-order valence-electron chi connectivity index (χ1n) is 6.22. The first kappa shape index (κ1) is 14.3. The summed E-state index contributed by atoms with van der Waals surface area (Å²) in [7, 11) is 0. The van der Waals surface area contributed by atoms with Gasteiger partial charge in [0.1, 0.15) is 0 Å². The van der Waals surface area contributed by atoms with Gasteiger partial charge in [-0.15, -0.1) is 0 Å². The highest BCUT2D eigenvalue weighted by molar-refractivity contribution is 9.09. The Morgan fingerprint density at radius 1 is 1.17 bits per heavy atom. The predicted molar refractivity (Wildman–Crippen MR) is 74.2 cm³/mol. The van der Waals surface area contributed by atoms with E-state index in [-0.39, 0.29) is 10.2 Å². The van der Waals surface area contributed by atoms with Crippen molar-refractivity contribution < 1.29 is 8.78 Å². The molecule has 1 fully saturated rings. The lowest BCUT2D eigenvalue weighted by Crippen LogP contribution is -2.25. The molecular weight excluding hydrogens is 322 g/mol. The molecule has 18 heavy (non-hydrogen) atoms. The minimum Gasteiger partial charge on any atom is -0.204 e. The number of rotatable bonds is 2. The van der Waals surface area contributed by atoms with Gasteiger partial charge in [-0.2, -0.15) is 0 Å². The molecule has 0 spiro atoms. The summed E-state index contributed by atoms with van der Waals surface area (Å²) < 4.78 is 26.4. The van der Waals surface area contributed by atoms with Crippen molar-refractivity contribution in [3.63, 3.8) is 0 Å². The Morgan fingerprint density at radius 3 is 2.33 bits per heavy atom. The molecule has 0 radical (unpaired) electrons. The van der Waals surface area contributed by atoms with E-state index < -0.39 is 11.6 Å².